The maximum atomic E-state index is 9.09. The van der Waals surface area contributed by atoms with E-state index in [0.717, 1.165) is 6.42 Å². The molecule has 5 heteroatoms. The summed E-state index contributed by atoms with van der Waals surface area (Å²) in [4.78, 5) is 4.55. The molecule has 0 fully saturated rings. The molecule has 0 heterocycles. The van der Waals surface area contributed by atoms with Crippen LogP contribution in [-0.4, -0.2) is 15.8 Å². The van der Waals surface area contributed by atoms with E-state index in [0.29, 0.717) is 0 Å². The second-order valence-corrected chi connectivity index (χ2v) is 6.47. The van der Waals surface area contributed by atoms with Gasteiger partial charge in [-0.25, -0.2) is 0 Å². The molecule has 0 spiro atoms. The zero-order valence-corrected chi connectivity index (χ0v) is 11.4. The molecule has 0 aromatic carbocycles. The van der Waals surface area contributed by atoms with Crippen LogP contribution in [0.4, 0.5) is 0 Å². The summed E-state index contributed by atoms with van der Waals surface area (Å²) in [7, 11) is 7.36. The molecule has 0 aromatic heterocycles. The number of hydrogen-bond acceptors (Lipinski definition) is 2. The first-order valence-electron chi connectivity index (χ1n) is 4.47. The fourth-order valence-corrected chi connectivity index (χ4v) is 1.02. The summed E-state index contributed by atoms with van der Waals surface area (Å²) in [5.41, 5.74) is 1.24. The molecule has 1 aliphatic carbocycles. The van der Waals surface area contributed by atoms with Crippen LogP contribution in [0.25, 0.3) is 0 Å². The first-order chi connectivity index (χ1) is 6.81. The van der Waals surface area contributed by atoms with E-state index in [4.69, 9.17) is 4.55 Å². The molecule has 0 saturated heterocycles. The molecule has 2 nitrogen and oxygen atoms in total. The van der Waals surface area contributed by atoms with Crippen molar-refractivity contribution in [3.8, 4) is 0 Å². The lowest BCUT2D eigenvalue weighted by Crippen LogP contribution is -2.13. The third-order valence-corrected chi connectivity index (χ3v) is 1.34. The van der Waals surface area contributed by atoms with Gasteiger partial charge in [0, 0.05) is 12.1 Å². The van der Waals surface area contributed by atoms with Crippen LogP contribution >= 0.6 is 21.4 Å². The van der Waals surface area contributed by atoms with E-state index >= 15 is 0 Å². The number of hydrogen-bond donors (Lipinski definition) is 0. The lowest BCUT2D eigenvalue weighted by atomic mass is 10.1. The Morgan fingerprint density at radius 3 is 2.20 bits per heavy atom. The van der Waals surface area contributed by atoms with E-state index in [-0.39, 0.29) is 5.54 Å². The predicted molar refractivity (Wildman–Crippen MR) is 69.9 cm³/mol. The summed E-state index contributed by atoms with van der Waals surface area (Å²) in [5.74, 6) is 0. The molecule has 0 unspecified atom stereocenters. The summed E-state index contributed by atoms with van der Waals surface area (Å²) in [5, 5.41) is 0. The molecule has 0 bridgehead atoms. The van der Waals surface area contributed by atoms with Gasteiger partial charge >= 0.3 is 0 Å². The topological polar surface area (TPSA) is 35.4 Å². The third kappa shape index (κ3) is 12.0. The Labute approximate surface area is 103 Å². The minimum atomic E-state index is -1.67. The van der Waals surface area contributed by atoms with Crippen LogP contribution in [0, 0.1) is 0 Å². The lowest BCUT2D eigenvalue weighted by molar-refractivity contribution is 0.583. The van der Waals surface area contributed by atoms with E-state index in [1.807, 2.05) is 6.08 Å². The molecule has 0 aromatic rings. The van der Waals surface area contributed by atoms with Crippen molar-refractivity contribution in [2.45, 2.75) is 32.7 Å². The van der Waals surface area contributed by atoms with Crippen LogP contribution in [0.5, 0.6) is 0 Å². The molecule has 0 amide bonds. The highest BCUT2D eigenvalue weighted by atomic mass is 36.0. The highest BCUT2D eigenvalue weighted by Gasteiger charge is 2.07. The summed E-state index contributed by atoms with van der Waals surface area (Å²) >= 11 is 0. The van der Waals surface area contributed by atoms with Gasteiger partial charge in [-0.2, -0.15) is 0 Å². The maximum Gasteiger partial charge on any atom is 0.198 e. The second-order valence-electron chi connectivity index (χ2n) is 3.95. The van der Waals surface area contributed by atoms with Gasteiger partial charge < -0.3 is 4.55 Å². The number of allylic oxidation sites excluding steroid dienone is 4. The van der Waals surface area contributed by atoms with Crippen molar-refractivity contribution in [1.29, 1.82) is 0 Å². The fraction of sp³-hybridized carbons (Fsp3) is 0.500. The summed E-state index contributed by atoms with van der Waals surface area (Å²) in [6, 6.07) is 0. The van der Waals surface area contributed by atoms with Crippen molar-refractivity contribution >= 4 is 36.7 Å². The van der Waals surface area contributed by atoms with Gasteiger partial charge in [0.2, 0.25) is 0 Å². The highest BCUT2D eigenvalue weighted by Crippen LogP contribution is 2.10. The molecular weight excluding hydrogens is 253 g/mol. The summed E-state index contributed by atoms with van der Waals surface area (Å²) in [6.07, 6.45) is 9.28. The van der Waals surface area contributed by atoms with Gasteiger partial charge in [0.15, 0.2) is 31.0 Å². The molecular formula is C10H15Cl2NOS. The molecule has 1 aliphatic rings. The van der Waals surface area contributed by atoms with Crippen molar-refractivity contribution < 1.29 is 4.55 Å². The lowest BCUT2D eigenvalue weighted by Gasteiger charge is -2.14. The molecule has 0 N–H and O–H groups in total. The predicted octanol–water partition coefficient (Wildman–Crippen LogP) is 3.78. The van der Waals surface area contributed by atoms with Crippen LogP contribution in [0.1, 0.15) is 27.2 Å². The highest BCUT2D eigenvalue weighted by molar-refractivity contribution is 8.31. The third-order valence-electron chi connectivity index (χ3n) is 1.34. The quantitative estimate of drug-likeness (QED) is 0.616. The molecule has 15 heavy (non-hydrogen) atoms. The Balaban J connectivity index is 0.000000423. The summed E-state index contributed by atoms with van der Waals surface area (Å²) < 4.78 is 9.09. The van der Waals surface area contributed by atoms with Crippen LogP contribution in [0.15, 0.2) is 29.3 Å². The van der Waals surface area contributed by atoms with Gasteiger partial charge in [-0.15, -0.1) is 0 Å². The van der Waals surface area contributed by atoms with Gasteiger partial charge in [0.1, 0.15) is 0 Å². The standard InChI is InChI=1S/C10H15N.Cl2OS/c1-10(2,3)11-9-7-5-4-6-8-9;1-4(2)3/h4-7H,8H2,1-3H3;. The van der Waals surface area contributed by atoms with Crippen molar-refractivity contribution in [3.05, 3.63) is 24.3 Å². The Kier molecular flexibility index (Phi) is 7.36. The molecule has 86 valence electrons. The van der Waals surface area contributed by atoms with Crippen LogP contribution in [0.2, 0.25) is 0 Å². The van der Waals surface area contributed by atoms with Crippen LogP contribution in [0.3, 0.4) is 0 Å². The van der Waals surface area contributed by atoms with Crippen LogP contribution in [-0.2, 0) is 9.60 Å². The van der Waals surface area contributed by atoms with E-state index in [1.54, 1.807) is 0 Å². The van der Waals surface area contributed by atoms with Gasteiger partial charge in [-0.1, -0.05) is 18.2 Å². The number of nitrogens with zero attached hydrogens (tertiary/aromatic N) is 1. The van der Waals surface area contributed by atoms with E-state index in [1.165, 1.54) is 5.71 Å². The molecule has 0 aliphatic heterocycles. The molecule has 0 saturated carbocycles. The largest absolute Gasteiger partial charge is 0.582 e. The second kappa shape index (κ2) is 7.34. The first-order valence-corrected chi connectivity index (χ1v) is 7.28. The minimum absolute atomic E-state index is 0.0604. The Morgan fingerprint density at radius 2 is 1.87 bits per heavy atom. The van der Waals surface area contributed by atoms with Crippen LogP contribution < -0.4 is 0 Å². The van der Waals surface area contributed by atoms with Crippen molar-refractivity contribution in [2.24, 2.45) is 4.99 Å². The number of rotatable bonds is 0. The van der Waals surface area contributed by atoms with Gasteiger partial charge in [0.05, 0.1) is 5.54 Å². The maximum absolute atomic E-state index is 9.09. The molecule has 0 atom stereocenters. The fourth-order valence-electron chi connectivity index (χ4n) is 1.02. The normalized spacial score (nSPS) is 17.9. The van der Waals surface area contributed by atoms with E-state index in [9.17, 15) is 0 Å². The monoisotopic (exact) mass is 267 g/mol. The van der Waals surface area contributed by atoms with Gasteiger partial charge in [-0.3, -0.25) is 4.99 Å². The minimum Gasteiger partial charge on any atom is -0.582 e. The molecule has 1 rings (SSSR count). The number of halogens is 2. The van der Waals surface area contributed by atoms with Gasteiger partial charge in [-0.05, 0) is 26.8 Å². The Hall–Kier alpha value is 0.0400. The summed E-state index contributed by atoms with van der Waals surface area (Å²) in [6.45, 7) is 6.35. The smallest absolute Gasteiger partial charge is 0.198 e. The zero-order chi connectivity index (χ0) is 11.9. The zero-order valence-electron chi connectivity index (χ0n) is 9.04. The average molecular weight is 268 g/mol. The Bertz CT molecular complexity index is 264. The van der Waals surface area contributed by atoms with Crippen molar-refractivity contribution in [3.63, 3.8) is 0 Å². The SMILES string of the molecule is CC(C)(C)N=C1C=CC=CC1.[O-][S+](Cl)Cl. The van der Waals surface area contributed by atoms with Gasteiger partial charge in [0.25, 0.3) is 0 Å². The first kappa shape index (κ1) is 15.0. The number of aliphatic imine (C=N–C) groups is 1. The average Bonchev–Trinajstić information content (AvgIpc) is 2.01. The van der Waals surface area contributed by atoms with E-state index < -0.39 is 9.60 Å². The van der Waals surface area contributed by atoms with E-state index in [2.05, 4.69) is 65.4 Å². The Morgan fingerprint density at radius 1 is 1.33 bits per heavy atom. The molecule has 0 radical (unpaired) electrons. The van der Waals surface area contributed by atoms with Crippen molar-refractivity contribution in [2.75, 3.05) is 0 Å². The van der Waals surface area contributed by atoms with Crippen molar-refractivity contribution in [1.82, 2.24) is 0 Å².